The van der Waals surface area contributed by atoms with Gasteiger partial charge in [-0.1, -0.05) is 18.2 Å². The maximum Gasteiger partial charge on any atom is 0.243 e. The van der Waals surface area contributed by atoms with Crippen LogP contribution in [0.25, 0.3) is 0 Å². The number of hydrogen-bond donors (Lipinski definition) is 0. The minimum atomic E-state index is -3.65. The molecular formula is C18H19NO4S2. The van der Waals surface area contributed by atoms with Crippen molar-refractivity contribution in [3.63, 3.8) is 0 Å². The lowest BCUT2D eigenvalue weighted by atomic mass is 9.93. The zero-order valence-electron chi connectivity index (χ0n) is 13.8. The van der Waals surface area contributed by atoms with Crippen LogP contribution in [-0.4, -0.2) is 37.4 Å². The van der Waals surface area contributed by atoms with Gasteiger partial charge < -0.3 is 0 Å². The Hall–Kier alpha value is -1.83. The maximum atomic E-state index is 12.8. The summed E-state index contributed by atoms with van der Waals surface area (Å²) in [5.74, 6) is -0.198. The first-order chi connectivity index (χ1) is 11.9. The highest BCUT2D eigenvalue weighted by atomic mass is 32.2. The third-order valence-corrected chi connectivity index (χ3v) is 7.25. The standard InChI is InChI=1S/C18H19NO4S2/c1-13(20)15-4-2-5-16(12-15)25(22,23)19-9-7-14(8-10-19)18(21)17-6-3-11-24-17/h2-6,11-12,14H,7-10H2,1H3. The van der Waals surface area contributed by atoms with Gasteiger partial charge in [0.1, 0.15) is 0 Å². The Morgan fingerprint density at radius 2 is 1.84 bits per heavy atom. The van der Waals surface area contributed by atoms with E-state index in [0.717, 1.165) is 4.88 Å². The van der Waals surface area contributed by atoms with Crippen molar-refractivity contribution < 1.29 is 18.0 Å². The van der Waals surface area contributed by atoms with Gasteiger partial charge >= 0.3 is 0 Å². The Morgan fingerprint density at radius 1 is 1.12 bits per heavy atom. The van der Waals surface area contributed by atoms with Crippen LogP contribution in [0.1, 0.15) is 39.8 Å². The van der Waals surface area contributed by atoms with Gasteiger partial charge in [-0.3, -0.25) is 9.59 Å². The van der Waals surface area contributed by atoms with Crippen LogP contribution >= 0.6 is 11.3 Å². The molecule has 0 spiro atoms. The third kappa shape index (κ3) is 3.73. The van der Waals surface area contributed by atoms with Gasteiger partial charge in [0.2, 0.25) is 10.0 Å². The van der Waals surface area contributed by atoms with Gasteiger partial charge in [0, 0.05) is 24.6 Å². The molecule has 132 valence electrons. The number of sulfonamides is 1. The number of rotatable bonds is 5. The van der Waals surface area contributed by atoms with Gasteiger partial charge in [0.25, 0.3) is 0 Å². The van der Waals surface area contributed by atoms with Crippen LogP contribution in [0, 0.1) is 5.92 Å². The summed E-state index contributed by atoms with van der Waals surface area (Å²) < 4.78 is 27.0. The third-order valence-electron chi connectivity index (χ3n) is 4.47. The van der Waals surface area contributed by atoms with Gasteiger partial charge in [-0.15, -0.1) is 11.3 Å². The van der Waals surface area contributed by atoms with Crippen LogP contribution in [-0.2, 0) is 10.0 Å². The number of benzene rings is 1. The summed E-state index contributed by atoms with van der Waals surface area (Å²) >= 11 is 1.42. The van der Waals surface area contributed by atoms with Crippen molar-refractivity contribution in [1.82, 2.24) is 4.31 Å². The van der Waals surface area contributed by atoms with Crippen LogP contribution < -0.4 is 0 Å². The number of Topliss-reactive ketones (excluding diaryl/α,β-unsaturated/α-hetero) is 2. The summed E-state index contributed by atoms with van der Waals surface area (Å²) in [4.78, 5) is 24.8. The van der Waals surface area contributed by atoms with Gasteiger partial charge in [-0.25, -0.2) is 8.42 Å². The molecule has 25 heavy (non-hydrogen) atoms. The van der Waals surface area contributed by atoms with Crippen molar-refractivity contribution in [2.75, 3.05) is 13.1 Å². The molecule has 0 N–H and O–H groups in total. The average molecular weight is 377 g/mol. The normalized spacial score (nSPS) is 16.7. The molecule has 0 radical (unpaired) electrons. The summed E-state index contributed by atoms with van der Waals surface area (Å²) in [6, 6.07) is 9.76. The van der Waals surface area contributed by atoms with Crippen LogP contribution in [0.5, 0.6) is 0 Å². The van der Waals surface area contributed by atoms with Crippen LogP contribution in [0.15, 0.2) is 46.7 Å². The second-order valence-electron chi connectivity index (χ2n) is 6.10. The number of thiophene rings is 1. The molecule has 1 saturated heterocycles. The Balaban J connectivity index is 1.72. The largest absolute Gasteiger partial charge is 0.295 e. The fourth-order valence-electron chi connectivity index (χ4n) is 3.00. The maximum absolute atomic E-state index is 12.8. The first kappa shape index (κ1) is 18.0. The number of carbonyl (C=O) groups is 2. The molecule has 0 bridgehead atoms. The van der Waals surface area contributed by atoms with Gasteiger partial charge in [0.15, 0.2) is 11.6 Å². The van der Waals surface area contributed by atoms with Crippen molar-refractivity contribution in [2.24, 2.45) is 5.92 Å². The van der Waals surface area contributed by atoms with Crippen molar-refractivity contribution in [2.45, 2.75) is 24.7 Å². The number of hydrogen-bond acceptors (Lipinski definition) is 5. The van der Waals surface area contributed by atoms with E-state index in [1.807, 2.05) is 17.5 Å². The van der Waals surface area contributed by atoms with Crippen molar-refractivity contribution in [1.29, 1.82) is 0 Å². The molecule has 1 aromatic heterocycles. The molecule has 0 aliphatic carbocycles. The van der Waals surface area contributed by atoms with Crippen molar-refractivity contribution in [3.05, 3.63) is 52.2 Å². The highest BCUT2D eigenvalue weighted by molar-refractivity contribution is 7.89. The zero-order valence-corrected chi connectivity index (χ0v) is 15.5. The van der Waals surface area contributed by atoms with Crippen LogP contribution in [0.3, 0.4) is 0 Å². The highest BCUT2D eigenvalue weighted by Crippen LogP contribution is 2.27. The molecule has 1 aliphatic rings. The fraction of sp³-hybridized carbons (Fsp3) is 0.333. The van der Waals surface area contributed by atoms with E-state index >= 15 is 0 Å². The number of piperidine rings is 1. The lowest BCUT2D eigenvalue weighted by molar-refractivity contribution is 0.0879. The molecule has 0 saturated carbocycles. The van der Waals surface area contributed by atoms with Crippen LogP contribution in [0.2, 0.25) is 0 Å². The van der Waals surface area contributed by atoms with Gasteiger partial charge in [-0.2, -0.15) is 4.31 Å². The SMILES string of the molecule is CC(=O)c1cccc(S(=O)(=O)N2CCC(C(=O)c3cccs3)CC2)c1. The summed E-state index contributed by atoms with van der Waals surface area (Å²) in [6.45, 7) is 2.04. The molecule has 0 amide bonds. The first-order valence-electron chi connectivity index (χ1n) is 8.08. The number of ketones is 2. The van der Waals surface area contributed by atoms with Gasteiger partial charge in [0.05, 0.1) is 9.77 Å². The molecule has 5 nitrogen and oxygen atoms in total. The second kappa shape index (κ2) is 7.19. The monoisotopic (exact) mass is 377 g/mol. The Morgan fingerprint density at radius 3 is 2.44 bits per heavy atom. The zero-order chi connectivity index (χ0) is 18.0. The highest BCUT2D eigenvalue weighted by Gasteiger charge is 2.32. The predicted octanol–water partition coefficient (Wildman–Crippen LogP) is 3.23. The summed E-state index contributed by atoms with van der Waals surface area (Å²) in [5.41, 5.74) is 0.379. The van der Waals surface area contributed by atoms with Crippen LogP contribution in [0.4, 0.5) is 0 Å². The topological polar surface area (TPSA) is 71.5 Å². The van der Waals surface area contributed by atoms with E-state index < -0.39 is 10.0 Å². The quantitative estimate of drug-likeness (QED) is 0.750. The van der Waals surface area contributed by atoms with E-state index in [1.54, 1.807) is 12.1 Å². The predicted molar refractivity (Wildman–Crippen MR) is 96.6 cm³/mol. The Kier molecular flexibility index (Phi) is 5.17. The second-order valence-corrected chi connectivity index (χ2v) is 8.99. The number of nitrogens with zero attached hydrogens (tertiary/aromatic N) is 1. The smallest absolute Gasteiger partial charge is 0.243 e. The van der Waals surface area contributed by atoms with Gasteiger partial charge in [-0.05, 0) is 43.3 Å². The first-order valence-corrected chi connectivity index (χ1v) is 10.4. The van der Waals surface area contributed by atoms with E-state index in [4.69, 9.17) is 0 Å². The molecule has 1 aliphatic heterocycles. The molecule has 3 rings (SSSR count). The molecule has 7 heteroatoms. The molecule has 2 heterocycles. The Labute approximate surface area is 151 Å². The average Bonchev–Trinajstić information content (AvgIpc) is 3.16. The molecule has 2 aromatic rings. The van der Waals surface area contributed by atoms with E-state index in [0.29, 0.717) is 31.5 Å². The summed E-state index contributed by atoms with van der Waals surface area (Å²) in [5, 5.41) is 1.87. The minimum absolute atomic E-state index is 0.102. The summed E-state index contributed by atoms with van der Waals surface area (Å²) in [6.07, 6.45) is 1.03. The summed E-state index contributed by atoms with van der Waals surface area (Å²) in [7, 11) is -3.65. The Bertz CT molecular complexity index is 880. The lowest BCUT2D eigenvalue weighted by Gasteiger charge is -2.30. The van der Waals surface area contributed by atoms with E-state index in [1.165, 1.54) is 34.7 Å². The molecule has 1 aromatic carbocycles. The molecular weight excluding hydrogens is 358 g/mol. The molecule has 1 fully saturated rings. The van der Waals surface area contributed by atoms with E-state index in [9.17, 15) is 18.0 Å². The van der Waals surface area contributed by atoms with Crippen molar-refractivity contribution >= 4 is 32.9 Å². The van der Waals surface area contributed by atoms with E-state index in [2.05, 4.69) is 0 Å². The fourth-order valence-corrected chi connectivity index (χ4v) is 5.26. The minimum Gasteiger partial charge on any atom is -0.295 e. The molecule has 0 atom stereocenters. The molecule has 0 unspecified atom stereocenters. The number of carbonyl (C=O) groups excluding carboxylic acids is 2. The van der Waals surface area contributed by atoms with Crippen molar-refractivity contribution in [3.8, 4) is 0 Å². The van der Waals surface area contributed by atoms with E-state index in [-0.39, 0.29) is 22.4 Å². The lowest BCUT2D eigenvalue weighted by Crippen LogP contribution is -2.40.